The number of hydrogen-bond acceptors (Lipinski definition) is 1. The highest BCUT2D eigenvalue weighted by atomic mass is 127. The summed E-state index contributed by atoms with van der Waals surface area (Å²) in [6.45, 7) is -1.14. The van der Waals surface area contributed by atoms with E-state index in [9.17, 15) is 18.0 Å². The topological polar surface area (TPSA) is 20.3 Å². The van der Waals surface area contributed by atoms with Gasteiger partial charge in [-0.3, -0.25) is 4.79 Å². The van der Waals surface area contributed by atoms with Crippen LogP contribution >= 0.6 is 22.6 Å². The lowest BCUT2D eigenvalue weighted by Crippen LogP contribution is -2.34. The van der Waals surface area contributed by atoms with Crippen molar-refractivity contribution in [2.75, 3.05) is 6.54 Å². The Kier molecular flexibility index (Phi) is 2.85. The molecule has 2 rings (SSSR count). The van der Waals surface area contributed by atoms with Gasteiger partial charge in [-0.05, 0) is 40.3 Å². The van der Waals surface area contributed by atoms with Gasteiger partial charge in [-0.1, -0.05) is 6.07 Å². The molecule has 1 aliphatic heterocycles. The minimum atomic E-state index is -4.34. The zero-order valence-electron chi connectivity index (χ0n) is 8.01. The van der Waals surface area contributed by atoms with Gasteiger partial charge in [-0.25, -0.2) is 0 Å². The second kappa shape index (κ2) is 3.90. The van der Waals surface area contributed by atoms with E-state index in [4.69, 9.17) is 0 Å². The molecule has 0 atom stereocenters. The summed E-state index contributed by atoms with van der Waals surface area (Å²) >= 11 is 2.03. The van der Waals surface area contributed by atoms with Crippen LogP contribution < -0.4 is 0 Å². The van der Waals surface area contributed by atoms with E-state index in [1.165, 1.54) is 0 Å². The van der Waals surface area contributed by atoms with E-state index < -0.39 is 18.6 Å². The summed E-state index contributed by atoms with van der Waals surface area (Å²) in [6, 6.07) is 5.10. The van der Waals surface area contributed by atoms with Crippen LogP contribution in [0.5, 0.6) is 0 Å². The SMILES string of the molecule is O=C1c2cc(I)ccc2CN1CC(F)(F)F. The lowest BCUT2D eigenvalue weighted by atomic mass is 10.1. The van der Waals surface area contributed by atoms with E-state index in [-0.39, 0.29) is 6.54 Å². The van der Waals surface area contributed by atoms with Crippen molar-refractivity contribution in [2.45, 2.75) is 12.7 Å². The summed E-state index contributed by atoms with van der Waals surface area (Å²) < 4.78 is 37.4. The van der Waals surface area contributed by atoms with Crippen molar-refractivity contribution in [3.8, 4) is 0 Å². The molecule has 0 aromatic heterocycles. The molecule has 0 saturated heterocycles. The van der Waals surface area contributed by atoms with E-state index >= 15 is 0 Å². The normalized spacial score (nSPS) is 15.5. The van der Waals surface area contributed by atoms with E-state index in [1.54, 1.807) is 18.2 Å². The van der Waals surface area contributed by atoms with Crippen LogP contribution in [-0.4, -0.2) is 23.5 Å². The number of rotatable bonds is 1. The number of carbonyl (C=O) groups is 1. The van der Waals surface area contributed by atoms with Crippen LogP contribution in [0.2, 0.25) is 0 Å². The van der Waals surface area contributed by atoms with E-state index in [0.29, 0.717) is 11.1 Å². The Morgan fingerprint density at radius 1 is 1.38 bits per heavy atom. The third-order valence-electron chi connectivity index (χ3n) is 2.32. The first-order valence-electron chi connectivity index (χ1n) is 4.51. The summed E-state index contributed by atoms with van der Waals surface area (Å²) in [6.07, 6.45) is -4.34. The van der Waals surface area contributed by atoms with Crippen molar-refractivity contribution in [3.05, 3.63) is 32.9 Å². The van der Waals surface area contributed by atoms with Crippen LogP contribution in [0, 0.1) is 3.57 Å². The van der Waals surface area contributed by atoms with Crippen molar-refractivity contribution in [1.29, 1.82) is 0 Å². The Balaban J connectivity index is 2.25. The number of amides is 1. The lowest BCUT2D eigenvalue weighted by molar-refractivity contribution is -0.140. The molecule has 0 unspecified atom stereocenters. The molecule has 2 nitrogen and oxygen atoms in total. The Labute approximate surface area is 104 Å². The average molecular weight is 341 g/mol. The summed E-state index contributed by atoms with van der Waals surface area (Å²) in [5.41, 5.74) is 1.05. The fourth-order valence-corrected chi connectivity index (χ4v) is 2.17. The predicted molar refractivity (Wildman–Crippen MR) is 60.0 cm³/mol. The predicted octanol–water partition coefficient (Wildman–Crippen LogP) is 2.81. The average Bonchev–Trinajstić information content (AvgIpc) is 2.42. The van der Waals surface area contributed by atoms with E-state index in [2.05, 4.69) is 0 Å². The van der Waals surface area contributed by atoms with E-state index in [1.807, 2.05) is 22.6 Å². The number of benzene rings is 1. The molecule has 1 amide bonds. The first-order valence-corrected chi connectivity index (χ1v) is 5.59. The fraction of sp³-hybridized carbons (Fsp3) is 0.300. The minimum absolute atomic E-state index is 0.0462. The number of fused-ring (bicyclic) bond motifs is 1. The van der Waals surface area contributed by atoms with Gasteiger partial charge < -0.3 is 4.90 Å². The van der Waals surface area contributed by atoms with Crippen molar-refractivity contribution in [2.24, 2.45) is 0 Å². The molecule has 1 heterocycles. The summed E-state index contributed by atoms with van der Waals surface area (Å²) in [4.78, 5) is 12.5. The Bertz CT molecular complexity index is 444. The van der Waals surface area contributed by atoms with Crippen LogP contribution in [0.4, 0.5) is 13.2 Å². The van der Waals surface area contributed by atoms with Gasteiger partial charge in [0.1, 0.15) is 6.54 Å². The van der Waals surface area contributed by atoms with Gasteiger partial charge in [-0.2, -0.15) is 13.2 Å². The zero-order valence-corrected chi connectivity index (χ0v) is 10.2. The molecule has 16 heavy (non-hydrogen) atoms. The maximum atomic E-state index is 12.2. The molecular weight excluding hydrogens is 334 g/mol. The first kappa shape index (κ1) is 11.7. The lowest BCUT2D eigenvalue weighted by Gasteiger charge is -2.17. The van der Waals surface area contributed by atoms with Gasteiger partial charge in [0, 0.05) is 15.7 Å². The number of alkyl halides is 3. The van der Waals surface area contributed by atoms with Crippen LogP contribution in [0.25, 0.3) is 0 Å². The van der Waals surface area contributed by atoms with Crippen LogP contribution in [0.3, 0.4) is 0 Å². The van der Waals surface area contributed by atoms with Crippen molar-refractivity contribution < 1.29 is 18.0 Å². The maximum absolute atomic E-state index is 12.2. The number of carbonyl (C=O) groups excluding carboxylic acids is 1. The van der Waals surface area contributed by atoms with Gasteiger partial charge in [0.05, 0.1) is 0 Å². The Hall–Kier alpha value is -0.790. The van der Waals surface area contributed by atoms with Crippen molar-refractivity contribution >= 4 is 28.5 Å². The molecular formula is C10H7F3INO. The molecule has 1 aliphatic rings. The Morgan fingerprint density at radius 2 is 2.06 bits per heavy atom. The third kappa shape index (κ3) is 2.31. The summed E-state index contributed by atoms with van der Waals surface area (Å²) in [5.74, 6) is -0.536. The smallest absolute Gasteiger partial charge is 0.325 e. The molecule has 0 fully saturated rings. The summed E-state index contributed by atoms with van der Waals surface area (Å²) in [5, 5.41) is 0. The highest BCUT2D eigenvalue weighted by Crippen LogP contribution is 2.27. The quantitative estimate of drug-likeness (QED) is 0.720. The largest absolute Gasteiger partial charge is 0.406 e. The number of halogens is 4. The van der Waals surface area contributed by atoms with Gasteiger partial charge in [-0.15, -0.1) is 0 Å². The molecule has 1 aromatic rings. The van der Waals surface area contributed by atoms with Gasteiger partial charge in [0.25, 0.3) is 5.91 Å². The third-order valence-corrected chi connectivity index (χ3v) is 2.99. The number of hydrogen-bond donors (Lipinski definition) is 0. The van der Waals surface area contributed by atoms with Gasteiger partial charge >= 0.3 is 6.18 Å². The highest BCUT2D eigenvalue weighted by Gasteiger charge is 2.37. The summed E-state index contributed by atoms with van der Waals surface area (Å²) in [7, 11) is 0. The van der Waals surface area contributed by atoms with Gasteiger partial charge in [0.15, 0.2) is 0 Å². The molecule has 0 N–H and O–H groups in total. The zero-order chi connectivity index (χ0) is 11.9. The second-order valence-corrected chi connectivity index (χ2v) is 4.82. The highest BCUT2D eigenvalue weighted by molar-refractivity contribution is 14.1. The first-order chi connectivity index (χ1) is 7.37. The minimum Gasteiger partial charge on any atom is -0.325 e. The number of nitrogens with zero attached hydrogens (tertiary/aromatic N) is 1. The molecule has 86 valence electrons. The monoisotopic (exact) mass is 341 g/mol. The molecule has 0 bridgehead atoms. The van der Waals surface area contributed by atoms with Gasteiger partial charge in [0.2, 0.25) is 0 Å². The Morgan fingerprint density at radius 3 is 2.69 bits per heavy atom. The molecule has 0 radical (unpaired) electrons. The molecule has 0 aliphatic carbocycles. The van der Waals surface area contributed by atoms with Crippen LogP contribution in [0.1, 0.15) is 15.9 Å². The molecule has 0 spiro atoms. The fourth-order valence-electron chi connectivity index (χ4n) is 1.68. The standard InChI is InChI=1S/C10H7F3INO/c11-10(12,13)5-15-4-6-1-2-7(14)3-8(6)9(15)16/h1-3H,4-5H2. The van der Waals surface area contributed by atoms with E-state index in [0.717, 1.165) is 8.47 Å². The van der Waals surface area contributed by atoms with Crippen molar-refractivity contribution in [3.63, 3.8) is 0 Å². The van der Waals surface area contributed by atoms with Crippen molar-refractivity contribution in [1.82, 2.24) is 4.90 Å². The van der Waals surface area contributed by atoms with Crippen LogP contribution in [-0.2, 0) is 6.54 Å². The van der Waals surface area contributed by atoms with Crippen LogP contribution in [0.15, 0.2) is 18.2 Å². The molecule has 0 saturated carbocycles. The maximum Gasteiger partial charge on any atom is 0.406 e. The second-order valence-electron chi connectivity index (χ2n) is 3.58. The molecule has 1 aromatic carbocycles. The molecule has 6 heteroatoms.